The highest BCUT2D eigenvalue weighted by molar-refractivity contribution is 6.69. The molecule has 0 aromatic heterocycles. The van der Waals surface area contributed by atoms with Gasteiger partial charge >= 0.3 is 6.18 Å². The van der Waals surface area contributed by atoms with Crippen molar-refractivity contribution in [3.05, 3.63) is 143 Å². The van der Waals surface area contributed by atoms with E-state index in [4.69, 9.17) is 9.16 Å². The zero-order valence-corrected chi connectivity index (χ0v) is 24.5. The first kappa shape index (κ1) is 26.7. The molecule has 1 atom stereocenters. The van der Waals surface area contributed by atoms with Crippen LogP contribution in [0.3, 0.4) is 0 Å². The zero-order valence-electron chi connectivity index (χ0n) is 23.5. The molecule has 7 rings (SSSR count). The predicted octanol–water partition coefficient (Wildman–Crippen LogP) is 9.83. The molecule has 0 radical (unpaired) electrons. The molecule has 5 aromatic rings. The Morgan fingerprint density at radius 3 is 1.83 bits per heavy atom. The fourth-order valence-electron chi connectivity index (χ4n) is 6.65. The molecular formula is C36H29F3O2Si. The summed E-state index contributed by atoms with van der Waals surface area (Å²) in [6, 6.07) is 34.0. The second-order valence-electron chi connectivity index (χ2n) is 11.9. The average molecular weight is 579 g/mol. The van der Waals surface area contributed by atoms with Crippen molar-refractivity contribution in [3.8, 4) is 16.9 Å². The Labute approximate surface area is 244 Å². The molecule has 0 saturated heterocycles. The molecule has 0 spiro atoms. The average Bonchev–Trinajstić information content (AvgIpc) is 3.28. The van der Waals surface area contributed by atoms with Gasteiger partial charge in [-0.3, -0.25) is 0 Å². The highest BCUT2D eigenvalue weighted by Crippen LogP contribution is 2.63. The quantitative estimate of drug-likeness (QED) is 0.198. The Hall–Kier alpha value is -4.13. The van der Waals surface area contributed by atoms with Crippen molar-refractivity contribution in [2.24, 2.45) is 0 Å². The number of halogens is 3. The van der Waals surface area contributed by atoms with Gasteiger partial charge in [-0.15, -0.1) is 0 Å². The molecular weight excluding hydrogens is 549 g/mol. The molecule has 2 aliphatic rings. The van der Waals surface area contributed by atoms with Gasteiger partial charge in [0, 0.05) is 33.2 Å². The first-order valence-corrected chi connectivity index (χ1v) is 17.4. The minimum Gasteiger partial charge on any atom is -0.472 e. The molecule has 1 unspecified atom stereocenters. The van der Waals surface area contributed by atoms with Crippen LogP contribution in [0.15, 0.2) is 115 Å². The van der Waals surface area contributed by atoms with E-state index in [0.29, 0.717) is 27.8 Å². The molecule has 0 amide bonds. The monoisotopic (exact) mass is 578 g/mol. The minimum absolute atomic E-state index is 0.110. The van der Waals surface area contributed by atoms with Gasteiger partial charge in [0.15, 0.2) is 13.9 Å². The Kier molecular flexibility index (Phi) is 5.85. The van der Waals surface area contributed by atoms with Crippen molar-refractivity contribution >= 4 is 25.2 Å². The molecule has 1 heterocycles. The van der Waals surface area contributed by atoms with Gasteiger partial charge in [-0.05, 0) is 42.2 Å². The fraction of sp³-hybridized carbons (Fsp3) is 0.167. The van der Waals surface area contributed by atoms with Crippen LogP contribution >= 0.6 is 0 Å². The van der Waals surface area contributed by atoms with E-state index in [1.165, 1.54) is 0 Å². The third kappa shape index (κ3) is 3.75. The summed E-state index contributed by atoms with van der Waals surface area (Å²) in [6.07, 6.45) is -1.01. The standard InChI is InChI=1S/C36H29F3O2Si/c1-42(2,3)41-35(36(37,38)39)30-21-13-12-20-28(30)31-26-18-10-11-19-27(26)33-29(32(31)35)22-23-34(40-33,24-14-6-4-7-15-24)25-16-8-5-9-17-25/h4-23H,1-3H3. The molecule has 2 nitrogen and oxygen atoms in total. The van der Waals surface area contributed by atoms with Crippen molar-refractivity contribution < 1.29 is 22.3 Å². The number of hydrogen-bond donors (Lipinski definition) is 0. The molecule has 1 aliphatic carbocycles. The van der Waals surface area contributed by atoms with Crippen molar-refractivity contribution in [2.75, 3.05) is 0 Å². The van der Waals surface area contributed by atoms with Gasteiger partial charge in [-0.1, -0.05) is 115 Å². The third-order valence-electron chi connectivity index (χ3n) is 8.14. The van der Waals surface area contributed by atoms with E-state index in [0.717, 1.165) is 16.5 Å². The molecule has 0 bridgehead atoms. The normalized spacial score (nSPS) is 18.7. The van der Waals surface area contributed by atoms with E-state index in [2.05, 4.69) is 0 Å². The second-order valence-corrected chi connectivity index (χ2v) is 16.3. The topological polar surface area (TPSA) is 18.5 Å². The second kappa shape index (κ2) is 9.18. The van der Waals surface area contributed by atoms with Crippen molar-refractivity contribution in [2.45, 2.75) is 37.0 Å². The Morgan fingerprint density at radius 2 is 1.24 bits per heavy atom. The lowest BCUT2D eigenvalue weighted by atomic mass is 9.80. The number of alkyl halides is 3. The Bertz CT molecular complexity index is 1820. The van der Waals surface area contributed by atoms with Crippen molar-refractivity contribution in [1.29, 1.82) is 0 Å². The molecule has 5 aromatic carbocycles. The van der Waals surface area contributed by atoms with Crippen LogP contribution in [0, 0.1) is 0 Å². The Morgan fingerprint density at radius 1 is 0.690 bits per heavy atom. The van der Waals surface area contributed by atoms with E-state index in [-0.39, 0.29) is 11.1 Å². The van der Waals surface area contributed by atoms with E-state index in [1.54, 1.807) is 43.9 Å². The van der Waals surface area contributed by atoms with Gasteiger partial charge in [-0.2, -0.15) is 13.2 Å². The lowest BCUT2D eigenvalue weighted by Gasteiger charge is -2.42. The lowest BCUT2D eigenvalue weighted by Crippen LogP contribution is -2.51. The zero-order chi connectivity index (χ0) is 29.3. The van der Waals surface area contributed by atoms with Crippen LogP contribution in [-0.4, -0.2) is 14.5 Å². The smallest absolute Gasteiger partial charge is 0.425 e. The third-order valence-corrected chi connectivity index (χ3v) is 9.06. The highest BCUT2D eigenvalue weighted by Gasteiger charge is 2.65. The van der Waals surface area contributed by atoms with E-state index < -0.39 is 25.7 Å². The summed E-state index contributed by atoms with van der Waals surface area (Å²) in [5, 5.41) is 1.46. The van der Waals surface area contributed by atoms with Crippen LogP contribution in [0.1, 0.15) is 27.8 Å². The molecule has 42 heavy (non-hydrogen) atoms. The highest BCUT2D eigenvalue weighted by atomic mass is 28.4. The predicted molar refractivity (Wildman–Crippen MR) is 164 cm³/mol. The first-order valence-electron chi connectivity index (χ1n) is 14.0. The SMILES string of the molecule is C[Si](C)(C)OC1(C(F)(F)F)c2ccccc2-c2c1c1c(c3ccccc23)OC(c2ccccc2)(c2ccccc2)C=C1. The summed E-state index contributed by atoms with van der Waals surface area (Å²) in [5.74, 6) is 0.417. The number of rotatable bonds is 4. The van der Waals surface area contributed by atoms with Crippen LogP contribution < -0.4 is 4.74 Å². The molecule has 210 valence electrons. The van der Waals surface area contributed by atoms with Crippen LogP contribution in [0.4, 0.5) is 13.2 Å². The fourth-order valence-corrected chi connectivity index (χ4v) is 7.89. The summed E-state index contributed by atoms with van der Waals surface area (Å²) in [7, 11) is -2.77. The number of benzene rings is 5. The minimum atomic E-state index is -4.73. The summed E-state index contributed by atoms with van der Waals surface area (Å²) >= 11 is 0. The summed E-state index contributed by atoms with van der Waals surface area (Å²) < 4.78 is 60.8. The molecule has 0 saturated carbocycles. The van der Waals surface area contributed by atoms with E-state index in [1.807, 2.05) is 97.1 Å². The van der Waals surface area contributed by atoms with Gasteiger partial charge in [0.2, 0.25) is 5.60 Å². The van der Waals surface area contributed by atoms with E-state index in [9.17, 15) is 0 Å². The van der Waals surface area contributed by atoms with Crippen molar-refractivity contribution in [1.82, 2.24) is 0 Å². The largest absolute Gasteiger partial charge is 0.472 e. The first-order chi connectivity index (χ1) is 20.1. The van der Waals surface area contributed by atoms with Crippen LogP contribution in [0.2, 0.25) is 19.6 Å². The van der Waals surface area contributed by atoms with Gasteiger partial charge in [0.25, 0.3) is 0 Å². The van der Waals surface area contributed by atoms with Crippen LogP contribution in [0.5, 0.6) is 5.75 Å². The van der Waals surface area contributed by atoms with E-state index >= 15 is 13.2 Å². The maximum Gasteiger partial charge on any atom is 0.425 e. The summed E-state index contributed by atoms with van der Waals surface area (Å²) in [4.78, 5) is 0. The van der Waals surface area contributed by atoms with Gasteiger partial charge < -0.3 is 9.16 Å². The van der Waals surface area contributed by atoms with Gasteiger partial charge in [0.1, 0.15) is 5.75 Å². The van der Waals surface area contributed by atoms with Gasteiger partial charge in [0.05, 0.1) is 0 Å². The number of hydrogen-bond acceptors (Lipinski definition) is 2. The molecule has 0 N–H and O–H groups in total. The number of ether oxygens (including phenoxy) is 1. The maximum atomic E-state index is 15.8. The summed E-state index contributed by atoms with van der Waals surface area (Å²) in [5.41, 5.74) is -0.184. The summed E-state index contributed by atoms with van der Waals surface area (Å²) in [6.45, 7) is 5.41. The molecule has 1 aliphatic heterocycles. The lowest BCUT2D eigenvalue weighted by molar-refractivity contribution is -0.239. The Balaban J connectivity index is 1.62. The number of fused-ring (bicyclic) bond motifs is 8. The molecule has 0 fully saturated rings. The molecule has 6 heteroatoms. The maximum absolute atomic E-state index is 15.8. The van der Waals surface area contributed by atoms with Crippen LogP contribution in [-0.2, 0) is 15.6 Å². The van der Waals surface area contributed by atoms with Crippen molar-refractivity contribution in [3.63, 3.8) is 0 Å². The van der Waals surface area contributed by atoms with Gasteiger partial charge in [-0.25, -0.2) is 0 Å². The van der Waals surface area contributed by atoms with Crippen LogP contribution in [0.25, 0.3) is 28.0 Å².